The minimum atomic E-state index is -0.0536. The molecule has 0 spiro atoms. The van der Waals surface area contributed by atoms with Crippen molar-refractivity contribution in [2.75, 3.05) is 6.54 Å². The van der Waals surface area contributed by atoms with Crippen LogP contribution in [-0.4, -0.2) is 31.4 Å². The van der Waals surface area contributed by atoms with Crippen LogP contribution in [-0.2, 0) is 19.5 Å². The van der Waals surface area contributed by atoms with Crippen LogP contribution in [0.15, 0.2) is 65.7 Å². The van der Waals surface area contributed by atoms with Gasteiger partial charge in [-0.25, -0.2) is 4.98 Å². The number of aromatic amines is 1. The molecule has 1 N–H and O–H groups in total. The normalized spacial score (nSPS) is 14.1. The second kappa shape index (κ2) is 6.98. The fourth-order valence-corrected chi connectivity index (χ4v) is 3.73. The molecule has 4 aromatic rings. The van der Waals surface area contributed by atoms with Gasteiger partial charge in [-0.1, -0.05) is 18.2 Å². The number of pyridine rings is 2. The molecule has 0 bridgehead atoms. The first kappa shape index (κ1) is 16.8. The van der Waals surface area contributed by atoms with Crippen LogP contribution in [0.1, 0.15) is 16.8 Å². The van der Waals surface area contributed by atoms with E-state index >= 15 is 0 Å². The predicted octanol–water partition coefficient (Wildman–Crippen LogP) is 2.94. The molecule has 0 radical (unpaired) electrons. The number of hydrogen-bond donors (Lipinski definition) is 1. The number of nitrogens with zero attached hydrogens (tertiary/aromatic N) is 4. The molecule has 1 aromatic carbocycles. The lowest BCUT2D eigenvalue weighted by Crippen LogP contribution is -2.35. The number of hydrogen-bond acceptors (Lipinski definition) is 5. The maximum absolute atomic E-state index is 12.5. The van der Waals surface area contributed by atoms with Gasteiger partial charge >= 0.3 is 0 Å². The van der Waals surface area contributed by atoms with Gasteiger partial charge in [-0.3, -0.25) is 19.7 Å². The van der Waals surface area contributed by atoms with Crippen molar-refractivity contribution in [1.82, 2.24) is 24.8 Å². The molecule has 0 atom stereocenters. The first-order valence-corrected chi connectivity index (χ1v) is 9.36. The molecule has 0 amide bonds. The van der Waals surface area contributed by atoms with Crippen LogP contribution in [0.2, 0.25) is 0 Å². The average Bonchev–Trinajstić information content (AvgIpc) is 2.74. The van der Waals surface area contributed by atoms with Gasteiger partial charge in [0.1, 0.15) is 5.69 Å². The summed E-state index contributed by atoms with van der Waals surface area (Å²) in [7, 11) is 0. The summed E-state index contributed by atoms with van der Waals surface area (Å²) in [6, 6.07) is 16.0. The third kappa shape index (κ3) is 3.18. The number of nitrogens with one attached hydrogen (secondary N) is 1. The Bertz CT molecular complexity index is 1200. The zero-order valence-electron chi connectivity index (χ0n) is 15.3. The highest BCUT2D eigenvalue weighted by Gasteiger charge is 2.21. The summed E-state index contributed by atoms with van der Waals surface area (Å²) in [5.41, 5.74) is 4.50. The van der Waals surface area contributed by atoms with Crippen molar-refractivity contribution >= 4 is 10.9 Å². The van der Waals surface area contributed by atoms with Crippen molar-refractivity contribution in [2.24, 2.45) is 0 Å². The molecule has 0 aliphatic carbocycles. The summed E-state index contributed by atoms with van der Waals surface area (Å²) in [5.74, 6) is 0.531. The first-order valence-electron chi connectivity index (χ1n) is 9.36. The van der Waals surface area contributed by atoms with Crippen LogP contribution in [0.5, 0.6) is 0 Å². The molecule has 0 unspecified atom stereocenters. The van der Waals surface area contributed by atoms with E-state index in [4.69, 9.17) is 4.98 Å². The van der Waals surface area contributed by atoms with Gasteiger partial charge in [0, 0.05) is 43.0 Å². The van der Waals surface area contributed by atoms with E-state index in [0.29, 0.717) is 24.5 Å². The largest absolute Gasteiger partial charge is 0.305 e. The average molecular weight is 369 g/mol. The fourth-order valence-electron chi connectivity index (χ4n) is 3.73. The maximum Gasteiger partial charge on any atom is 0.254 e. The van der Waals surface area contributed by atoms with E-state index in [1.54, 1.807) is 6.20 Å². The van der Waals surface area contributed by atoms with Crippen molar-refractivity contribution in [3.05, 3.63) is 88.1 Å². The van der Waals surface area contributed by atoms with Gasteiger partial charge in [0.25, 0.3) is 5.56 Å². The lowest BCUT2D eigenvalue weighted by atomic mass is 10.0. The Balaban J connectivity index is 1.42. The second-order valence-electron chi connectivity index (χ2n) is 7.05. The van der Waals surface area contributed by atoms with Gasteiger partial charge in [-0.2, -0.15) is 0 Å². The van der Waals surface area contributed by atoms with E-state index in [0.717, 1.165) is 35.2 Å². The van der Waals surface area contributed by atoms with Gasteiger partial charge in [-0.15, -0.1) is 0 Å². The quantitative estimate of drug-likeness (QED) is 0.601. The van der Waals surface area contributed by atoms with E-state index < -0.39 is 0 Å². The summed E-state index contributed by atoms with van der Waals surface area (Å²) in [6.07, 6.45) is 4.22. The highest BCUT2D eigenvalue weighted by molar-refractivity contribution is 5.78. The predicted molar refractivity (Wildman–Crippen MR) is 108 cm³/mol. The first-order chi connectivity index (χ1) is 13.8. The van der Waals surface area contributed by atoms with Gasteiger partial charge < -0.3 is 4.98 Å². The van der Waals surface area contributed by atoms with Gasteiger partial charge in [-0.05, 0) is 42.3 Å². The number of rotatable bonds is 3. The Morgan fingerprint density at radius 3 is 2.86 bits per heavy atom. The van der Waals surface area contributed by atoms with Crippen molar-refractivity contribution < 1.29 is 0 Å². The summed E-state index contributed by atoms with van der Waals surface area (Å²) < 4.78 is 0. The third-order valence-corrected chi connectivity index (χ3v) is 5.13. The van der Waals surface area contributed by atoms with Crippen molar-refractivity contribution in [3.63, 3.8) is 0 Å². The molecule has 0 saturated carbocycles. The van der Waals surface area contributed by atoms with Crippen LogP contribution >= 0.6 is 0 Å². The van der Waals surface area contributed by atoms with Crippen molar-refractivity contribution in [1.29, 1.82) is 0 Å². The Morgan fingerprint density at radius 2 is 1.96 bits per heavy atom. The highest BCUT2D eigenvalue weighted by Crippen LogP contribution is 2.20. The molecule has 1 aliphatic rings. The maximum atomic E-state index is 12.5. The molecular formula is C22H19N5O. The number of H-pyrrole nitrogens is 1. The Labute approximate surface area is 161 Å². The van der Waals surface area contributed by atoms with Crippen LogP contribution in [0.3, 0.4) is 0 Å². The molecule has 28 heavy (non-hydrogen) atoms. The molecule has 0 fully saturated rings. The number of benzene rings is 1. The lowest BCUT2D eigenvalue weighted by molar-refractivity contribution is 0.240. The second-order valence-corrected chi connectivity index (χ2v) is 7.05. The number of fused-ring (bicyclic) bond motifs is 2. The summed E-state index contributed by atoms with van der Waals surface area (Å²) >= 11 is 0. The van der Waals surface area contributed by atoms with E-state index in [9.17, 15) is 4.79 Å². The monoisotopic (exact) mass is 369 g/mol. The molecule has 138 valence electrons. The Kier molecular flexibility index (Phi) is 4.18. The molecule has 6 heteroatoms. The van der Waals surface area contributed by atoms with Crippen LogP contribution in [0, 0.1) is 0 Å². The SMILES string of the molecule is O=c1[nH]c(-c2ccccn2)nc2c1CCN(Cc1ccc3ncccc3c1)C2. The highest BCUT2D eigenvalue weighted by atomic mass is 16.1. The lowest BCUT2D eigenvalue weighted by Gasteiger charge is -2.27. The summed E-state index contributed by atoms with van der Waals surface area (Å²) in [6.45, 7) is 2.31. The molecule has 0 saturated heterocycles. The minimum Gasteiger partial charge on any atom is -0.305 e. The van der Waals surface area contributed by atoms with E-state index in [1.807, 2.05) is 30.5 Å². The van der Waals surface area contributed by atoms with Gasteiger partial charge in [0.15, 0.2) is 5.82 Å². The molecular weight excluding hydrogens is 350 g/mol. The van der Waals surface area contributed by atoms with E-state index in [2.05, 4.69) is 44.1 Å². The molecule has 6 nitrogen and oxygen atoms in total. The molecule has 3 aromatic heterocycles. The number of aromatic nitrogens is 4. The van der Waals surface area contributed by atoms with Crippen LogP contribution in [0.25, 0.3) is 22.4 Å². The van der Waals surface area contributed by atoms with Crippen LogP contribution in [0.4, 0.5) is 0 Å². The minimum absolute atomic E-state index is 0.0536. The molecule has 1 aliphatic heterocycles. The molecule has 5 rings (SSSR count). The van der Waals surface area contributed by atoms with E-state index in [1.165, 1.54) is 5.56 Å². The van der Waals surface area contributed by atoms with Gasteiger partial charge in [0.2, 0.25) is 0 Å². The standard InChI is InChI=1S/C22H19N5O/c28-22-17-8-11-27(13-15-6-7-18-16(12-15)4-3-10-23-18)14-20(17)25-21(26-22)19-5-1-2-9-24-19/h1-7,9-10,12H,8,11,13-14H2,(H,25,26,28). The summed E-state index contributed by atoms with van der Waals surface area (Å²) in [4.78, 5) is 31.1. The third-order valence-electron chi connectivity index (χ3n) is 5.13. The topological polar surface area (TPSA) is 74.8 Å². The summed E-state index contributed by atoms with van der Waals surface area (Å²) in [5, 5.41) is 1.14. The van der Waals surface area contributed by atoms with Gasteiger partial charge in [0.05, 0.1) is 11.2 Å². The van der Waals surface area contributed by atoms with Crippen molar-refractivity contribution in [2.45, 2.75) is 19.5 Å². The van der Waals surface area contributed by atoms with E-state index in [-0.39, 0.29) is 5.56 Å². The Morgan fingerprint density at radius 1 is 1.04 bits per heavy atom. The fraction of sp³-hybridized carbons (Fsp3) is 0.182. The van der Waals surface area contributed by atoms with Crippen molar-refractivity contribution in [3.8, 4) is 11.5 Å². The zero-order valence-corrected chi connectivity index (χ0v) is 15.3. The smallest absolute Gasteiger partial charge is 0.254 e. The zero-order chi connectivity index (χ0) is 18.9. The van der Waals surface area contributed by atoms with Crippen LogP contribution < -0.4 is 5.56 Å². The Hall–Kier alpha value is -3.38. The molecule has 4 heterocycles.